The van der Waals surface area contributed by atoms with Crippen LogP contribution in [0, 0.1) is 6.92 Å². The highest BCUT2D eigenvalue weighted by molar-refractivity contribution is 8.18. The molecule has 2 aromatic heterocycles. The van der Waals surface area contributed by atoms with Gasteiger partial charge in [-0.15, -0.1) is 0 Å². The molecule has 1 fully saturated rings. The number of aromatic nitrogens is 4. The Labute approximate surface area is 308 Å². The van der Waals surface area contributed by atoms with Crippen LogP contribution in [0.1, 0.15) is 16.7 Å². The fourth-order valence-electron chi connectivity index (χ4n) is 5.23. The summed E-state index contributed by atoms with van der Waals surface area (Å²) in [6, 6.07) is 14.6. The summed E-state index contributed by atoms with van der Waals surface area (Å²) in [6.45, 7) is 1.38. The van der Waals surface area contributed by atoms with E-state index < -0.39 is 34.8 Å². The molecule has 17 heteroatoms. The predicted molar refractivity (Wildman–Crippen MR) is 196 cm³/mol. The van der Waals surface area contributed by atoms with Gasteiger partial charge in [-0.05, 0) is 77.9 Å². The van der Waals surface area contributed by atoms with Crippen LogP contribution in [0.25, 0.3) is 17.2 Å². The van der Waals surface area contributed by atoms with Crippen molar-refractivity contribution >= 4 is 86.5 Å². The number of aryl methyl sites for hydroxylation is 2. The van der Waals surface area contributed by atoms with E-state index in [0.717, 1.165) is 15.0 Å². The standard InChI is InChI=1S/C34H27Cl3N6O7S/c1-17-5-9-21(14-22(17)36)38-27(44)16-43-30(45)26(51-34(43)48)12-18-6-10-24(25(11-18)49-4)50-32-39-29-28(31(46)41(3)33(47)40(29)2)42(32)15-19-7-8-20(35)13-23(19)37/h5-14H,15-16H2,1-4H3,(H,38,44). The largest absolute Gasteiger partial charge is 0.493 e. The second-order valence-electron chi connectivity index (χ2n) is 11.4. The van der Waals surface area contributed by atoms with Crippen LogP contribution in [-0.2, 0) is 30.2 Å². The molecular formula is C34H27Cl3N6O7S. The van der Waals surface area contributed by atoms with E-state index in [2.05, 4.69) is 10.3 Å². The molecule has 1 aliphatic heterocycles. The van der Waals surface area contributed by atoms with Gasteiger partial charge < -0.3 is 14.8 Å². The minimum absolute atomic E-state index is 0.0346. The number of amides is 3. The van der Waals surface area contributed by atoms with Gasteiger partial charge in [-0.1, -0.05) is 53.0 Å². The highest BCUT2D eigenvalue weighted by Crippen LogP contribution is 2.37. The van der Waals surface area contributed by atoms with Gasteiger partial charge in [0.2, 0.25) is 5.91 Å². The highest BCUT2D eigenvalue weighted by Gasteiger charge is 2.36. The van der Waals surface area contributed by atoms with E-state index in [1.165, 1.54) is 36.4 Å². The number of fused-ring (bicyclic) bond motifs is 1. The van der Waals surface area contributed by atoms with E-state index in [1.54, 1.807) is 54.6 Å². The van der Waals surface area contributed by atoms with Crippen molar-refractivity contribution in [2.75, 3.05) is 19.0 Å². The fraction of sp³-hybridized carbons (Fsp3) is 0.176. The monoisotopic (exact) mass is 768 g/mol. The first-order valence-corrected chi connectivity index (χ1v) is 17.0. The van der Waals surface area contributed by atoms with Crippen LogP contribution in [0.2, 0.25) is 15.1 Å². The number of thioether (sulfide) groups is 1. The number of carbonyl (C=O) groups excluding carboxylic acids is 3. The van der Waals surface area contributed by atoms with Gasteiger partial charge >= 0.3 is 11.7 Å². The third-order valence-electron chi connectivity index (χ3n) is 7.97. The number of imide groups is 1. The van der Waals surface area contributed by atoms with Crippen LogP contribution in [-0.4, -0.2) is 54.3 Å². The lowest BCUT2D eigenvalue weighted by molar-refractivity contribution is -0.127. The maximum absolute atomic E-state index is 13.4. The number of hydrogen-bond acceptors (Lipinski definition) is 9. The molecule has 5 aromatic rings. The van der Waals surface area contributed by atoms with E-state index in [9.17, 15) is 24.0 Å². The predicted octanol–water partition coefficient (Wildman–Crippen LogP) is 6.23. The van der Waals surface area contributed by atoms with E-state index in [-0.39, 0.29) is 40.1 Å². The normalized spacial score (nSPS) is 13.8. The quantitative estimate of drug-likeness (QED) is 0.173. The lowest BCUT2D eigenvalue weighted by Crippen LogP contribution is -2.37. The molecule has 0 unspecified atom stereocenters. The Morgan fingerprint density at radius 2 is 1.71 bits per heavy atom. The van der Waals surface area contributed by atoms with Gasteiger partial charge in [0, 0.05) is 34.9 Å². The molecule has 0 bridgehead atoms. The molecule has 3 heterocycles. The molecule has 1 N–H and O–H groups in total. The minimum Gasteiger partial charge on any atom is -0.493 e. The van der Waals surface area contributed by atoms with Gasteiger partial charge in [0.1, 0.15) is 6.54 Å². The molecule has 6 rings (SSSR count). The Bertz CT molecular complexity index is 2440. The lowest BCUT2D eigenvalue weighted by atomic mass is 10.2. The number of benzene rings is 3. The van der Waals surface area contributed by atoms with Crippen LogP contribution >= 0.6 is 46.6 Å². The Balaban J connectivity index is 1.28. The molecule has 0 atom stereocenters. The number of methoxy groups -OCH3 is 1. The molecule has 51 heavy (non-hydrogen) atoms. The minimum atomic E-state index is -0.636. The van der Waals surface area contributed by atoms with Crippen molar-refractivity contribution in [2.45, 2.75) is 13.5 Å². The molecule has 0 radical (unpaired) electrons. The zero-order valence-electron chi connectivity index (χ0n) is 27.3. The lowest BCUT2D eigenvalue weighted by Gasteiger charge is -2.14. The Kier molecular flexibility index (Phi) is 10.0. The number of nitrogens with zero attached hydrogens (tertiary/aromatic N) is 5. The summed E-state index contributed by atoms with van der Waals surface area (Å²) < 4.78 is 15.5. The van der Waals surface area contributed by atoms with E-state index in [0.29, 0.717) is 43.6 Å². The second-order valence-corrected chi connectivity index (χ2v) is 13.6. The number of nitrogens with one attached hydrogen (secondary N) is 1. The summed E-state index contributed by atoms with van der Waals surface area (Å²) in [4.78, 5) is 70.1. The molecule has 0 saturated carbocycles. The van der Waals surface area contributed by atoms with E-state index in [1.807, 2.05) is 6.92 Å². The van der Waals surface area contributed by atoms with Crippen molar-refractivity contribution in [2.24, 2.45) is 14.1 Å². The summed E-state index contributed by atoms with van der Waals surface area (Å²) in [5, 5.41) is 3.28. The number of carbonyl (C=O) groups is 3. The molecule has 0 aliphatic carbocycles. The fourth-order valence-corrected chi connectivity index (χ4v) is 6.72. The molecule has 13 nitrogen and oxygen atoms in total. The zero-order valence-corrected chi connectivity index (χ0v) is 30.4. The molecular weight excluding hydrogens is 743 g/mol. The van der Waals surface area contributed by atoms with Gasteiger partial charge in [0.15, 0.2) is 22.7 Å². The number of rotatable bonds is 9. The average Bonchev–Trinajstić information content (AvgIpc) is 3.57. The summed E-state index contributed by atoms with van der Waals surface area (Å²) in [5.41, 5.74) is 1.39. The first-order valence-electron chi connectivity index (χ1n) is 15.0. The van der Waals surface area contributed by atoms with E-state index >= 15 is 0 Å². The van der Waals surface area contributed by atoms with Gasteiger partial charge in [-0.2, -0.15) is 4.98 Å². The average molecular weight is 770 g/mol. The summed E-state index contributed by atoms with van der Waals surface area (Å²) in [5.74, 6) is -0.785. The van der Waals surface area contributed by atoms with Gasteiger partial charge in [0.25, 0.3) is 16.7 Å². The van der Waals surface area contributed by atoms with Crippen LogP contribution in [0.4, 0.5) is 10.5 Å². The van der Waals surface area contributed by atoms with Crippen molar-refractivity contribution in [3.8, 4) is 17.5 Å². The van der Waals surface area contributed by atoms with Crippen molar-refractivity contribution in [1.82, 2.24) is 23.6 Å². The zero-order chi connectivity index (χ0) is 36.7. The topological polar surface area (TPSA) is 147 Å². The molecule has 3 amide bonds. The van der Waals surface area contributed by atoms with Crippen molar-refractivity contribution in [1.29, 1.82) is 0 Å². The third-order valence-corrected chi connectivity index (χ3v) is 9.88. The molecule has 1 saturated heterocycles. The van der Waals surface area contributed by atoms with Crippen molar-refractivity contribution in [3.05, 3.63) is 112 Å². The molecule has 1 aliphatic rings. The number of ether oxygens (including phenoxy) is 2. The molecule has 262 valence electrons. The number of anilines is 1. The maximum atomic E-state index is 13.4. The number of halogens is 3. The van der Waals surface area contributed by atoms with Crippen LogP contribution in [0.5, 0.6) is 17.5 Å². The smallest absolute Gasteiger partial charge is 0.332 e. The Morgan fingerprint density at radius 1 is 0.941 bits per heavy atom. The van der Waals surface area contributed by atoms with E-state index in [4.69, 9.17) is 44.3 Å². The Morgan fingerprint density at radius 3 is 2.41 bits per heavy atom. The summed E-state index contributed by atoms with van der Waals surface area (Å²) in [7, 11) is 4.27. The van der Waals surface area contributed by atoms with Gasteiger partial charge in [0.05, 0.1) is 18.6 Å². The van der Waals surface area contributed by atoms with Crippen LogP contribution < -0.4 is 26.0 Å². The molecule has 3 aromatic carbocycles. The number of imidazole rings is 1. The summed E-state index contributed by atoms with van der Waals surface area (Å²) >= 11 is 19.4. The summed E-state index contributed by atoms with van der Waals surface area (Å²) in [6.07, 6.45) is 1.49. The van der Waals surface area contributed by atoms with Crippen LogP contribution in [0.3, 0.4) is 0 Å². The Hall–Kier alpha value is -5.02. The number of hydrogen-bond donors (Lipinski definition) is 1. The van der Waals surface area contributed by atoms with Crippen molar-refractivity contribution in [3.63, 3.8) is 0 Å². The first-order chi connectivity index (χ1) is 24.2. The SMILES string of the molecule is COc1cc(C=C2SC(=O)N(CC(=O)Nc3ccc(C)c(Cl)c3)C2=O)ccc1Oc1nc2c(c(=O)n(C)c(=O)n2C)n1Cc1ccc(Cl)cc1Cl. The van der Waals surface area contributed by atoms with Crippen LogP contribution in [0.15, 0.2) is 69.1 Å². The highest BCUT2D eigenvalue weighted by atomic mass is 35.5. The maximum Gasteiger partial charge on any atom is 0.332 e. The van der Waals surface area contributed by atoms with Gasteiger partial charge in [-0.3, -0.25) is 37.8 Å². The van der Waals surface area contributed by atoms with Gasteiger partial charge in [-0.25, -0.2) is 4.79 Å². The first kappa shape index (κ1) is 35.8. The molecule has 0 spiro atoms. The third kappa shape index (κ3) is 7.13. The second kappa shape index (κ2) is 14.3. The van der Waals surface area contributed by atoms with Crippen molar-refractivity contribution < 1.29 is 23.9 Å².